The first-order valence-electron chi connectivity index (χ1n) is 10.2. The number of amides is 1. The van der Waals surface area contributed by atoms with Crippen LogP contribution in [0.3, 0.4) is 0 Å². The Morgan fingerprint density at radius 1 is 1.22 bits per heavy atom. The topological polar surface area (TPSA) is 119 Å². The van der Waals surface area contributed by atoms with Crippen LogP contribution in [-0.4, -0.2) is 49.3 Å². The van der Waals surface area contributed by atoms with Crippen LogP contribution in [0.25, 0.3) is 11.0 Å². The number of methoxy groups -OCH3 is 1. The van der Waals surface area contributed by atoms with Gasteiger partial charge in [-0.05, 0) is 12.1 Å². The Morgan fingerprint density at radius 2 is 1.97 bits per heavy atom. The van der Waals surface area contributed by atoms with Crippen LogP contribution in [0.4, 0.5) is 0 Å². The van der Waals surface area contributed by atoms with Gasteiger partial charge in [0, 0.05) is 38.2 Å². The Labute approximate surface area is 182 Å². The molecule has 0 spiro atoms. The first-order valence-corrected chi connectivity index (χ1v) is 10.2. The van der Waals surface area contributed by atoms with Crippen LogP contribution in [0.1, 0.15) is 29.4 Å². The van der Waals surface area contributed by atoms with Crippen LogP contribution in [0.5, 0.6) is 5.75 Å². The highest BCUT2D eigenvalue weighted by atomic mass is 16.5. The highest BCUT2D eigenvalue weighted by molar-refractivity contribution is 5.79. The number of para-hydroxylation sites is 1. The predicted octanol–water partition coefficient (Wildman–Crippen LogP) is 1.98. The second kappa shape index (κ2) is 9.37. The molecule has 9 nitrogen and oxygen atoms in total. The maximum absolute atomic E-state index is 13.3. The minimum Gasteiger partial charge on any atom is -0.502 e. The van der Waals surface area contributed by atoms with Crippen LogP contribution in [0.2, 0.25) is 0 Å². The number of morpholine rings is 1. The van der Waals surface area contributed by atoms with E-state index in [4.69, 9.17) is 18.3 Å². The molecular formula is C23H23NO8. The van der Waals surface area contributed by atoms with E-state index in [1.165, 1.54) is 13.4 Å². The number of carbonyl (C=O) groups is 1. The molecule has 0 saturated carbocycles. The second-order valence-electron chi connectivity index (χ2n) is 7.49. The number of hydrogen-bond donors (Lipinski definition) is 1. The van der Waals surface area contributed by atoms with Crippen molar-refractivity contribution < 1.29 is 28.2 Å². The maximum atomic E-state index is 13.3. The van der Waals surface area contributed by atoms with Crippen molar-refractivity contribution in [3.63, 3.8) is 0 Å². The van der Waals surface area contributed by atoms with Gasteiger partial charge in [-0.3, -0.25) is 14.4 Å². The number of hydrogen-bond acceptors (Lipinski definition) is 8. The first kappa shape index (κ1) is 21.8. The molecule has 32 heavy (non-hydrogen) atoms. The fourth-order valence-corrected chi connectivity index (χ4v) is 3.80. The molecule has 1 fully saturated rings. The maximum Gasteiger partial charge on any atom is 0.227 e. The summed E-state index contributed by atoms with van der Waals surface area (Å²) >= 11 is 0. The van der Waals surface area contributed by atoms with Crippen molar-refractivity contribution in [1.29, 1.82) is 0 Å². The minimum atomic E-state index is -1.03. The Balaban J connectivity index is 1.84. The van der Waals surface area contributed by atoms with Crippen LogP contribution in [0, 0.1) is 0 Å². The third kappa shape index (κ3) is 4.30. The van der Waals surface area contributed by atoms with Gasteiger partial charge in [-0.1, -0.05) is 12.1 Å². The third-order valence-corrected chi connectivity index (χ3v) is 5.43. The molecule has 3 heterocycles. The van der Waals surface area contributed by atoms with Crippen LogP contribution < -0.4 is 10.9 Å². The Kier molecular flexibility index (Phi) is 6.38. The average Bonchev–Trinajstić information content (AvgIpc) is 2.81. The van der Waals surface area contributed by atoms with E-state index in [1.54, 1.807) is 29.2 Å². The quantitative estimate of drug-likeness (QED) is 0.617. The number of benzene rings is 1. The summed E-state index contributed by atoms with van der Waals surface area (Å²) < 4.78 is 21.7. The van der Waals surface area contributed by atoms with Crippen molar-refractivity contribution in [2.75, 3.05) is 33.4 Å². The molecule has 4 rings (SSSR count). The molecule has 1 aromatic carbocycles. The summed E-state index contributed by atoms with van der Waals surface area (Å²) in [4.78, 5) is 40.3. The molecule has 0 unspecified atom stereocenters. The minimum absolute atomic E-state index is 0.0149. The van der Waals surface area contributed by atoms with E-state index in [1.807, 2.05) is 0 Å². The van der Waals surface area contributed by atoms with E-state index in [0.717, 1.165) is 6.07 Å². The number of fused-ring (bicyclic) bond motifs is 1. The summed E-state index contributed by atoms with van der Waals surface area (Å²) in [6.45, 7) is 1.64. The lowest BCUT2D eigenvalue weighted by atomic mass is 9.91. The van der Waals surface area contributed by atoms with Crippen molar-refractivity contribution in [1.82, 2.24) is 4.90 Å². The molecule has 1 aliphatic heterocycles. The summed E-state index contributed by atoms with van der Waals surface area (Å²) in [7, 11) is 1.43. The fourth-order valence-electron chi connectivity index (χ4n) is 3.80. The van der Waals surface area contributed by atoms with Gasteiger partial charge in [0.1, 0.15) is 18.0 Å². The van der Waals surface area contributed by atoms with Gasteiger partial charge in [0.2, 0.25) is 17.1 Å². The molecule has 1 amide bonds. The van der Waals surface area contributed by atoms with E-state index in [9.17, 15) is 19.5 Å². The zero-order valence-electron chi connectivity index (χ0n) is 17.5. The molecule has 1 N–H and O–H groups in total. The van der Waals surface area contributed by atoms with Gasteiger partial charge < -0.3 is 28.3 Å². The largest absolute Gasteiger partial charge is 0.502 e. The Morgan fingerprint density at radius 3 is 2.72 bits per heavy atom. The van der Waals surface area contributed by atoms with E-state index in [2.05, 4.69) is 0 Å². The molecule has 0 aliphatic carbocycles. The van der Waals surface area contributed by atoms with E-state index in [0.29, 0.717) is 37.3 Å². The van der Waals surface area contributed by atoms with Crippen molar-refractivity contribution in [2.45, 2.75) is 18.9 Å². The summed E-state index contributed by atoms with van der Waals surface area (Å²) in [5.74, 6) is -1.95. The van der Waals surface area contributed by atoms with Crippen LogP contribution >= 0.6 is 0 Å². The number of ether oxygens (including phenoxy) is 2. The SMILES string of the molecule is COCc1cc(=O)c(O)c([C@@H](CC(=O)N2CCOCC2)c2coc3ccccc3c2=O)o1. The number of carbonyl (C=O) groups excluding carboxylic acids is 1. The molecule has 1 atom stereocenters. The number of aromatic hydroxyl groups is 1. The van der Waals surface area contributed by atoms with E-state index >= 15 is 0 Å². The van der Waals surface area contributed by atoms with Gasteiger partial charge in [-0.15, -0.1) is 0 Å². The lowest BCUT2D eigenvalue weighted by molar-refractivity contribution is -0.135. The fraction of sp³-hybridized carbons (Fsp3) is 0.348. The van der Waals surface area contributed by atoms with Crippen molar-refractivity contribution in [2.24, 2.45) is 0 Å². The lowest BCUT2D eigenvalue weighted by Crippen LogP contribution is -2.41. The highest BCUT2D eigenvalue weighted by Crippen LogP contribution is 2.33. The molecule has 9 heteroatoms. The number of nitrogens with zero attached hydrogens (tertiary/aromatic N) is 1. The molecule has 1 aliphatic rings. The summed E-state index contributed by atoms with van der Waals surface area (Å²) in [6.07, 6.45) is 1.06. The molecule has 0 radical (unpaired) electrons. The highest BCUT2D eigenvalue weighted by Gasteiger charge is 2.31. The second-order valence-corrected chi connectivity index (χ2v) is 7.49. The smallest absolute Gasteiger partial charge is 0.227 e. The van der Waals surface area contributed by atoms with E-state index in [-0.39, 0.29) is 41.4 Å². The van der Waals surface area contributed by atoms with Gasteiger partial charge in [0.15, 0.2) is 11.2 Å². The van der Waals surface area contributed by atoms with Gasteiger partial charge >= 0.3 is 0 Å². The Bertz CT molecular complexity index is 1240. The van der Waals surface area contributed by atoms with Gasteiger partial charge in [-0.25, -0.2) is 0 Å². The molecule has 1 saturated heterocycles. The summed E-state index contributed by atoms with van der Waals surface area (Å²) in [5, 5.41) is 10.8. The van der Waals surface area contributed by atoms with Crippen LogP contribution in [-0.2, 0) is 20.9 Å². The zero-order chi connectivity index (χ0) is 22.7. The molecule has 168 valence electrons. The van der Waals surface area contributed by atoms with Gasteiger partial charge in [0.25, 0.3) is 0 Å². The molecule has 2 aromatic heterocycles. The first-order chi connectivity index (χ1) is 15.5. The van der Waals surface area contributed by atoms with Crippen molar-refractivity contribution in [3.05, 3.63) is 74.1 Å². The third-order valence-electron chi connectivity index (χ3n) is 5.43. The zero-order valence-corrected chi connectivity index (χ0v) is 17.5. The van der Waals surface area contributed by atoms with Crippen molar-refractivity contribution in [3.8, 4) is 5.75 Å². The number of rotatable bonds is 6. The summed E-state index contributed by atoms with van der Waals surface area (Å²) in [5.41, 5.74) is -0.560. The standard InChI is InChI=1S/C23H23NO8/c1-29-12-14-10-18(25)22(28)23(32-14)16(11-20(26)24-6-8-30-9-7-24)17-13-31-19-5-3-2-4-15(19)21(17)27/h2-5,10,13,16,28H,6-9,11-12H2,1H3/t16-/m0/s1. The molecular weight excluding hydrogens is 418 g/mol. The average molecular weight is 441 g/mol. The molecule has 0 bridgehead atoms. The predicted molar refractivity (Wildman–Crippen MR) is 114 cm³/mol. The van der Waals surface area contributed by atoms with Gasteiger partial charge in [-0.2, -0.15) is 0 Å². The lowest BCUT2D eigenvalue weighted by Gasteiger charge is -2.28. The normalized spacial score (nSPS) is 15.1. The van der Waals surface area contributed by atoms with E-state index < -0.39 is 17.1 Å². The molecule has 3 aromatic rings. The Hall–Kier alpha value is -3.43. The monoisotopic (exact) mass is 441 g/mol. The summed E-state index contributed by atoms with van der Waals surface area (Å²) in [6, 6.07) is 7.83. The van der Waals surface area contributed by atoms with Crippen molar-refractivity contribution >= 4 is 16.9 Å². The van der Waals surface area contributed by atoms with Crippen LogP contribution in [0.15, 0.2) is 55.0 Å². The van der Waals surface area contributed by atoms with Gasteiger partial charge in [0.05, 0.1) is 30.8 Å².